The molecule has 1 unspecified atom stereocenters. The van der Waals surface area contributed by atoms with E-state index in [1.54, 1.807) is 7.11 Å². The largest absolute Gasteiger partial charge is 0.496 e. The molecule has 1 aromatic rings. The van der Waals surface area contributed by atoms with Gasteiger partial charge in [-0.25, -0.2) is 0 Å². The molecule has 1 fully saturated rings. The third kappa shape index (κ3) is 3.97. The van der Waals surface area contributed by atoms with Gasteiger partial charge in [0.2, 0.25) is 0 Å². The molecule has 0 radical (unpaired) electrons. The molecule has 1 saturated carbocycles. The summed E-state index contributed by atoms with van der Waals surface area (Å²) in [5.41, 5.74) is 2.43. The Labute approximate surface area is 122 Å². The number of nitrogens with one attached hydrogen (secondary N) is 1. The molecule has 0 aromatic heterocycles. The third-order valence-electron chi connectivity index (χ3n) is 4.29. The lowest BCUT2D eigenvalue weighted by Crippen LogP contribution is -2.23. The van der Waals surface area contributed by atoms with E-state index in [1.165, 1.54) is 36.8 Å². The van der Waals surface area contributed by atoms with Crippen molar-refractivity contribution in [1.82, 2.24) is 5.32 Å². The minimum atomic E-state index is 0.186. The van der Waals surface area contributed by atoms with Crippen LogP contribution < -0.4 is 10.1 Å². The maximum Gasteiger partial charge on any atom is 0.123 e. The van der Waals surface area contributed by atoms with Gasteiger partial charge in [-0.05, 0) is 32.4 Å². The predicted molar refractivity (Wildman–Crippen MR) is 82.3 cm³/mol. The van der Waals surface area contributed by atoms with Gasteiger partial charge in [0.25, 0.3) is 0 Å². The third-order valence-corrected chi connectivity index (χ3v) is 4.29. The normalized spacial score (nSPS) is 16.8. The van der Waals surface area contributed by atoms with Crippen LogP contribution in [0, 0.1) is 12.8 Å². The lowest BCUT2D eigenvalue weighted by Gasteiger charge is -2.25. The van der Waals surface area contributed by atoms with Crippen molar-refractivity contribution in [2.45, 2.75) is 38.6 Å². The number of aryl methyl sites for hydroxylation is 1. The van der Waals surface area contributed by atoms with Crippen LogP contribution in [-0.4, -0.2) is 27.4 Å². The van der Waals surface area contributed by atoms with E-state index in [0.717, 1.165) is 18.3 Å². The molecule has 3 heteroatoms. The number of benzene rings is 1. The van der Waals surface area contributed by atoms with E-state index in [1.807, 2.05) is 13.1 Å². The molecule has 0 aliphatic heterocycles. The summed E-state index contributed by atoms with van der Waals surface area (Å²) in [6.07, 6.45) is 5.40. The maximum atomic E-state index is 5.87. The molecule has 2 rings (SSSR count). The van der Waals surface area contributed by atoms with Crippen molar-refractivity contribution < 1.29 is 9.47 Å². The number of ether oxygens (including phenoxy) is 2. The van der Waals surface area contributed by atoms with Crippen molar-refractivity contribution in [1.29, 1.82) is 0 Å². The van der Waals surface area contributed by atoms with E-state index >= 15 is 0 Å². The Kier molecular flexibility index (Phi) is 5.86. The molecule has 3 nitrogen and oxygen atoms in total. The molecule has 0 bridgehead atoms. The summed E-state index contributed by atoms with van der Waals surface area (Å²) in [5.74, 6) is 1.84. The fourth-order valence-corrected chi connectivity index (χ4v) is 2.69. The molecule has 0 amide bonds. The fraction of sp³-hybridized carbons (Fsp3) is 0.647. The molecule has 1 N–H and O–H groups in total. The summed E-state index contributed by atoms with van der Waals surface area (Å²) in [5, 5.41) is 3.33. The number of likely N-dealkylation sites (N-methyl/N-ethyl adjacent to an activating group) is 1. The number of methoxy groups -OCH3 is 1. The first-order chi connectivity index (χ1) is 9.74. The summed E-state index contributed by atoms with van der Waals surface area (Å²) in [6.45, 7) is 3.67. The Balaban J connectivity index is 1.87. The summed E-state index contributed by atoms with van der Waals surface area (Å²) in [7, 11) is 3.69. The summed E-state index contributed by atoms with van der Waals surface area (Å²) >= 11 is 0. The highest BCUT2D eigenvalue weighted by Gasteiger charge is 2.18. The predicted octanol–water partition coefficient (Wildman–Crippen LogP) is 3.47. The van der Waals surface area contributed by atoms with Gasteiger partial charge in [0.1, 0.15) is 5.75 Å². The van der Waals surface area contributed by atoms with Crippen LogP contribution in [-0.2, 0) is 4.74 Å². The summed E-state index contributed by atoms with van der Waals surface area (Å²) < 4.78 is 11.3. The van der Waals surface area contributed by atoms with Crippen LogP contribution in [0.2, 0.25) is 0 Å². The Hall–Kier alpha value is -1.06. The Morgan fingerprint density at radius 2 is 2.15 bits per heavy atom. The zero-order valence-corrected chi connectivity index (χ0v) is 12.9. The van der Waals surface area contributed by atoms with Gasteiger partial charge >= 0.3 is 0 Å². The molecule has 20 heavy (non-hydrogen) atoms. The zero-order valence-electron chi connectivity index (χ0n) is 12.9. The number of rotatable bonds is 8. The van der Waals surface area contributed by atoms with Gasteiger partial charge in [0.05, 0.1) is 19.8 Å². The highest BCUT2D eigenvalue weighted by molar-refractivity contribution is 5.39. The highest BCUT2D eigenvalue weighted by Crippen LogP contribution is 2.30. The molecule has 112 valence electrons. The molecule has 1 aromatic carbocycles. The number of hydrogen-bond acceptors (Lipinski definition) is 3. The van der Waals surface area contributed by atoms with Crippen molar-refractivity contribution >= 4 is 0 Å². The van der Waals surface area contributed by atoms with Crippen molar-refractivity contribution in [2.24, 2.45) is 5.92 Å². The van der Waals surface area contributed by atoms with Gasteiger partial charge in [-0.1, -0.05) is 37.0 Å². The Morgan fingerprint density at radius 1 is 1.35 bits per heavy atom. The lowest BCUT2D eigenvalue weighted by molar-refractivity contribution is 0.0899. The fourth-order valence-electron chi connectivity index (χ4n) is 2.69. The first-order valence-corrected chi connectivity index (χ1v) is 7.64. The molecule has 1 atom stereocenters. The van der Waals surface area contributed by atoms with Gasteiger partial charge in [-0.3, -0.25) is 0 Å². The second-order valence-electron chi connectivity index (χ2n) is 5.75. The van der Waals surface area contributed by atoms with E-state index in [-0.39, 0.29) is 6.04 Å². The van der Waals surface area contributed by atoms with Crippen LogP contribution in [0.25, 0.3) is 0 Å². The van der Waals surface area contributed by atoms with Crippen LogP contribution in [0.4, 0.5) is 0 Å². The van der Waals surface area contributed by atoms with Crippen LogP contribution in [0.1, 0.15) is 42.9 Å². The van der Waals surface area contributed by atoms with E-state index in [2.05, 4.69) is 24.4 Å². The smallest absolute Gasteiger partial charge is 0.123 e. The molecular weight excluding hydrogens is 250 g/mol. The average molecular weight is 277 g/mol. The summed E-state index contributed by atoms with van der Waals surface area (Å²) in [4.78, 5) is 0. The van der Waals surface area contributed by atoms with Crippen LogP contribution >= 0.6 is 0 Å². The van der Waals surface area contributed by atoms with Crippen LogP contribution in [0.5, 0.6) is 5.75 Å². The molecule has 1 aliphatic carbocycles. The molecule has 0 heterocycles. The first-order valence-electron chi connectivity index (χ1n) is 7.64. The SMILES string of the molecule is CNC(COCCC1CCC1)c1cc(C)ccc1OC. The Bertz CT molecular complexity index is 415. The van der Waals surface area contributed by atoms with Gasteiger partial charge in [-0.15, -0.1) is 0 Å². The average Bonchev–Trinajstić information content (AvgIpc) is 2.41. The first kappa shape index (κ1) is 15.3. The molecule has 0 saturated heterocycles. The van der Waals surface area contributed by atoms with Crippen molar-refractivity contribution in [3.8, 4) is 5.75 Å². The van der Waals surface area contributed by atoms with E-state index in [9.17, 15) is 0 Å². The second kappa shape index (κ2) is 7.65. The monoisotopic (exact) mass is 277 g/mol. The highest BCUT2D eigenvalue weighted by atomic mass is 16.5. The minimum Gasteiger partial charge on any atom is -0.496 e. The molecule has 0 spiro atoms. The standard InChI is InChI=1S/C17H27NO2/c1-13-7-8-17(19-3)15(11-13)16(18-2)12-20-10-9-14-5-4-6-14/h7-8,11,14,16,18H,4-6,9-10,12H2,1-3H3. The molecular formula is C17H27NO2. The second-order valence-corrected chi connectivity index (χ2v) is 5.75. The Morgan fingerprint density at radius 3 is 2.75 bits per heavy atom. The van der Waals surface area contributed by atoms with E-state index in [4.69, 9.17) is 9.47 Å². The zero-order chi connectivity index (χ0) is 14.4. The van der Waals surface area contributed by atoms with E-state index < -0.39 is 0 Å². The summed E-state index contributed by atoms with van der Waals surface area (Å²) in [6, 6.07) is 6.47. The molecule has 1 aliphatic rings. The van der Waals surface area contributed by atoms with Gasteiger partial charge < -0.3 is 14.8 Å². The van der Waals surface area contributed by atoms with Crippen molar-refractivity contribution in [2.75, 3.05) is 27.4 Å². The topological polar surface area (TPSA) is 30.5 Å². The van der Waals surface area contributed by atoms with E-state index in [0.29, 0.717) is 6.61 Å². The van der Waals surface area contributed by atoms with Crippen molar-refractivity contribution in [3.05, 3.63) is 29.3 Å². The minimum absolute atomic E-state index is 0.186. The maximum absolute atomic E-state index is 5.87. The number of hydrogen-bond donors (Lipinski definition) is 1. The van der Waals surface area contributed by atoms with Crippen LogP contribution in [0.15, 0.2) is 18.2 Å². The van der Waals surface area contributed by atoms with Gasteiger partial charge in [0, 0.05) is 12.2 Å². The quantitative estimate of drug-likeness (QED) is 0.738. The van der Waals surface area contributed by atoms with Gasteiger partial charge in [0.15, 0.2) is 0 Å². The van der Waals surface area contributed by atoms with Gasteiger partial charge in [-0.2, -0.15) is 0 Å². The van der Waals surface area contributed by atoms with Crippen molar-refractivity contribution in [3.63, 3.8) is 0 Å². The van der Waals surface area contributed by atoms with Crippen LogP contribution in [0.3, 0.4) is 0 Å². The lowest BCUT2D eigenvalue weighted by atomic mass is 9.83.